The largest absolute Gasteiger partial charge is 0.313 e. The first-order chi connectivity index (χ1) is 9.67. The van der Waals surface area contributed by atoms with Gasteiger partial charge in [0.2, 0.25) is 0 Å². The molecule has 20 heavy (non-hydrogen) atoms. The summed E-state index contributed by atoms with van der Waals surface area (Å²) in [4.78, 5) is 4.91. The molecule has 0 amide bonds. The Kier molecular flexibility index (Phi) is 6.02. The van der Waals surface area contributed by atoms with Gasteiger partial charge in [0.15, 0.2) is 0 Å². The molecule has 0 bridgehead atoms. The summed E-state index contributed by atoms with van der Waals surface area (Å²) < 4.78 is 0. The van der Waals surface area contributed by atoms with Crippen LogP contribution in [0.5, 0.6) is 0 Å². The number of nitrogens with one attached hydrogen (secondary N) is 1. The SMILES string of the molecule is CCNCc1cccc(CN(C)CC2CCN(C)C2)c1. The number of rotatable bonds is 7. The zero-order valence-electron chi connectivity index (χ0n) is 13.2. The lowest BCUT2D eigenvalue weighted by molar-refractivity contribution is 0.267. The first-order valence-electron chi connectivity index (χ1n) is 7.83. The van der Waals surface area contributed by atoms with E-state index >= 15 is 0 Å². The van der Waals surface area contributed by atoms with Crippen molar-refractivity contribution >= 4 is 0 Å². The molecule has 2 rings (SSSR count). The van der Waals surface area contributed by atoms with E-state index in [9.17, 15) is 0 Å². The molecule has 1 aliphatic heterocycles. The minimum absolute atomic E-state index is 0.843. The van der Waals surface area contributed by atoms with Crippen LogP contribution in [0.4, 0.5) is 0 Å². The van der Waals surface area contributed by atoms with Gasteiger partial charge in [-0.3, -0.25) is 0 Å². The molecule has 0 aliphatic carbocycles. The van der Waals surface area contributed by atoms with Crippen molar-refractivity contribution in [2.24, 2.45) is 5.92 Å². The van der Waals surface area contributed by atoms with E-state index in [2.05, 4.69) is 60.4 Å². The fraction of sp³-hybridized carbons (Fsp3) is 0.647. The molecule has 1 atom stereocenters. The molecular weight excluding hydrogens is 246 g/mol. The van der Waals surface area contributed by atoms with Gasteiger partial charge in [0, 0.05) is 26.2 Å². The first-order valence-corrected chi connectivity index (χ1v) is 7.83. The molecule has 1 heterocycles. The van der Waals surface area contributed by atoms with Crippen molar-refractivity contribution < 1.29 is 0 Å². The highest BCUT2D eigenvalue weighted by molar-refractivity contribution is 5.23. The lowest BCUT2D eigenvalue weighted by Gasteiger charge is -2.21. The molecule has 0 radical (unpaired) electrons. The number of nitrogens with zero attached hydrogens (tertiary/aromatic N) is 2. The van der Waals surface area contributed by atoms with Crippen LogP contribution in [0.25, 0.3) is 0 Å². The number of likely N-dealkylation sites (tertiary alicyclic amines) is 1. The van der Waals surface area contributed by atoms with Crippen LogP contribution < -0.4 is 5.32 Å². The van der Waals surface area contributed by atoms with Crippen LogP contribution in [-0.2, 0) is 13.1 Å². The number of benzene rings is 1. The van der Waals surface area contributed by atoms with Crippen molar-refractivity contribution in [3.8, 4) is 0 Å². The standard InChI is InChI=1S/C17H29N3/c1-4-18-11-15-6-5-7-16(10-15)12-20(3)14-17-8-9-19(2)13-17/h5-7,10,17-18H,4,8-9,11-14H2,1-3H3. The van der Waals surface area contributed by atoms with Gasteiger partial charge in [-0.1, -0.05) is 31.2 Å². The van der Waals surface area contributed by atoms with E-state index in [-0.39, 0.29) is 0 Å². The molecule has 0 spiro atoms. The highest BCUT2D eigenvalue weighted by atomic mass is 15.1. The summed E-state index contributed by atoms with van der Waals surface area (Å²) in [5.74, 6) is 0.843. The number of hydrogen-bond acceptors (Lipinski definition) is 3. The average molecular weight is 275 g/mol. The maximum absolute atomic E-state index is 3.39. The summed E-state index contributed by atoms with van der Waals surface area (Å²) in [6.45, 7) is 8.93. The molecule has 1 aromatic carbocycles. The third kappa shape index (κ3) is 4.89. The summed E-state index contributed by atoms with van der Waals surface area (Å²) in [7, 11) is 4.47. The van der Waals surface area contributed by atoms with Crippen LogP contribution in [0.2, 0.25) is 0 Å². The van der Waals surface area contributed by atoms with Crippen LogP contribution in [0.1, 0.15) is 24.5 Å². The normalized spacial score (nSPS) is 19.9. The second kappa shape index (κ2) is 7.77. The molecule has 1 unspecified atom stereocenters. The van der Waals surface area contributed by atoms with Crippen LogP contribution in [0.15, 0.2) is 24.3 Å². The van der Waals surface area contributed by atoms with Crippen molar-refractivity contribution in [1.29, 1.82) is 0 Å². The van der Waals surface area contributed by atoms with E-state index in [0.717, 1.165) is 25.6 Å². The predicted molar refractivity (Wildman–Crippen MR) is 85.8 cm³/mol. The Balaban J connectivity index is 1.82. The summed E-state index contributed by atoms with van der Waals surface area (Å²) in [5.41, 5.74) is 2.81. The van der Waals surface area contributed by atoms with E-state index in [1.54, 1.807) is 0 Å². The molecule has 3 heteroatoms. The molecule has 112 valence electrons. The minimum atomic E-state index is 0.843. The molecule has 1 N–H and O–H groups in total. The second-order valence-electron chi connectivity index (χ2n) is 6.21. The molecule has 1 aliphatic rings. The van der Waals surface area contributed by atoms with E-state index in [1.165, 1.54) is 37.2 Å². The lowest BCUT2D eigenvalue weighted by Crippen LogP contribution is -2.27. The second-order valence-corrected chi connectivity index (χ2v) is 6.21. The van der Waals surface area contributed by atoms with Crippen LogP contribution in [-0.4, -0.2) is 50.1 Å². The maximum atomic E-state index is 3.39. The first kappa shape index (κ1) is 15.5. The fourth-order valence-corrected chi connectivity index (χ4v) is 3.10. The maximum Gasteiger partial charge on any atom is 0.0230 e. The zero-order valence-corrected chi connectivity index (χ0v) is 13.2. The summed E-state index contributed by atoms with van der Waals surface area (Å²) >= 11 is 0. The molecule has 3 nitrogen and oxygen atoms in total. The molecule has 1 aromatic rings. The van der Waals surface area contributed by atoms with Gasteiger partial charge in [0.25, 0.3) is 0 Å². The average Bonchev–Trinajstić information content (AvgIpc) is 2.82. The van der Waals surface area contributed by atoms with E-state index in [0.29, 0.717) is 0 Å². The Labute approximate surface area is 124 Å². The van der Waals surface area contributed by atoms with E-state index < -0.39 is 0 Å². The monoisotopic (exact) mass is 275 g/mol. The van der Waals surface area contributed by atoms with E-state index in [4.69, 9.17) is 0 Å². The van der Waals surface area contributed by atoms with Crippen molar-refractivity contribution in [1.82, 2.24) is 15.1 Å². The molecule has 1 saturated heterocycles. The molecule has 0 saturated carbocycles. The Hall–Kier alpha value is -0.900. The summed E-state index contributed by atoms with van der Waals surface area (Å²) in [6.07, 6.45) is 1.35. The fourth-order valence-electron chi connectivity index (χ4n) is 3.10. The number of hydrogen-bond donors (Lipinski definition) is 1. The molecular formula is C17H29N3. The van der Waals surface area contributed by atoms with Gasteiger partial charge in [0.05, 0.1) is 0 Å². The topological polar surface area (TPSA) is 18.5 Å². The van der Waals surface area contributed by atoms with Crippen molar-refractivity contribution in [3.05, 3.63) is 35.4 Å². The van der Waals surface area contributed by atoms with Gasteiger partial charge in [-0.25, -0.2) is 0 Å². The van der Waals surface area contributed by atoms with Crippen LogP contribution in [0.3, 0.4) is 0 Å². The summed E-state index contributed by atoms with van der Waals surface area (Å²) in [6, 6.07) is 8.96. The Morgan fingerprint density at radius 3 is 2.85 bits per heavy atom. The Morgan fingerprint density at radius 1 is 1.35 bits per heavy atom. The van der Waals surface area contributed by atoms with Gasteiger partial charge < -0.3 is 15.1 Å². The van der Waals surface area contributed by atoms with Crippen molar-refractivity contribution in [2.75, 3.05) is 40.3 Å². The predicted octanol–water partition coefficient (Wildman–Crippen LogP) is 2.18. The van der Waals surface area contributed by atoms with Crippen LogP contribution in [0, 0.1) is 5.92 Å². The molecule has 1 fully saturated rings. The van der Waals surface area contributed by atoms with Crippen molar-refractivity contribution in [2.45, 2.75) is 26.4 Å². The van der Waals surface area contributed by atoms with Gasteiger partial charge in [0.1, 0.15) is 0 Å². The van der Waals surface area contributed by atoms with Gasteiger partial charge in [-0.15, -0.1) is 0 Å². The Bertz CT molecular complexity index is 405. The quantitative estimate of drug-likeness (QED) is 0.823. The van der Waals surface area contributed by atoms with Crippen LogP contribution >= 0.6 is 0 Å². The smallest absolute Gasteiger partial charge is 0.0230 e. The zero-order chi connectivity index (χ0) is 14.4. The van der Waals surface area contributed by atoms with E-state index in [1.807, 2.05) is 0 Å². The highest BCUT2D eigenvalue weighted by Gasteiger charge is 2.20. The summed E-state index contributed by atoms with van der Waals surface area (Å²) in [5, 5.41) is 3.39. The van der Waals surface area contributed by atoms with Gasteiger partial charge in [-0.05, 0) is 50.7 Å². The highest BCUT2D eigenvalue weighted by Crippen LogP contribution is 2.16. The van der Waals surface area contributed by atoms with Gasteiger partial charge in [-0.2, -0.15) is 0 Å². The van der Waals surface area contributed by atoms with Gasteiger partial charge >= 0.3 is 0 Å². The third-order valence-electron chi connectivity index (χ3n) is 4.08. The Morgan fingerprint density at radius 2 is 2.15 bits per heavy atom. The molecule has 0 aromatic heterocycles. The lowest BCUT2D eigenvalue weighted by atomic mass is 10.1. The van der Waals surface area contributed by atoms with Crippen molar-refractivity contribution in [3.63, 3.8) is 0 Å². The minimum Gasteiger partial charge on any atom is -0.313 e. The third-order valence-corrected chi connectivity index (χ3v) is 4.08.